The molecule has 0 N–H and O–H groups in total. The minimum Gasteiger partial charge on any atom is -0.306 e. The van der Waals surface area contributed by atoms with Crippen LogP contribution in [0.1, 0.15) is 18.4 Å². The molecule has 0 spiro atoms. The van der Waals surface area contributed by atoms with Gasteiger partial charge in [0.1, 0.15) is 0 Å². The number of rotatable bonds is 4. The highest BCUT2D eigenvalue weighted by Crippen LogP contribution is 2.29. The van der Waals surface area contributed by atoms with Gasteiger partial charge in [-0.15, -0.1) is 0 Å². The Morgan fingerprint density at radius 2 is 1.72 bits per heavy atom. The number of hydrogen-bond donors (Lipinski definition) is 0. The molecular formula is C13H19NO3S. The molecule has 0 heterocycles. The molecule has 0 aliphatic heterocycles. The van der Waals surface area contributed by atoms with Crippen molar-refractivity contribution in [2.45, 2.75) is 36.8 Å². The first-order valence-electron chi connectivity index (χ1n) is 6.05. The predicted molar refractivity (Wildman–Crippen MR) is 69.9 cm³/mol. The fourth-order valence-electron chi connectivity index (χ4n) is 1.98. The molecule has 0 unspecified atom stereocenters. The van der Waals surface area contributed by atoms with Crippen LogP contribution < -0.4 is 0 Å². The molecule has 0 aromatic heterocycles. The summed E-state index contributed by atoms with van der Waals surface area (Å²) < 4.78 is 29.2. The normalized spacial score (nSPS) is 24.0. The zero-order chi connectivity index (χ0) is 13.3. The van der Waals surface area contributed by atoms with E-state index in [2.05, 4.69) is 4.90 Å². The fraction of sp³-hybridized carbons (Fsp3) is 0.538. The van der Waals surface area contributed by atoms with E-state index in [1.807, 2.05) is 21.0 Å². The number of nitrogens with zero attached hydrogens (tertiary/aromatic N) is 1. The van der Waals surface area contributed by atoms with E-state index in [4.69, 9.17) is 4.18 Å². The minimum absolute atomic E-state index is 0.177. The molecule has 5 heteroatoms. The average molecular weight is 269 g/mol. The molecule has 2 rings (SSSR count). The first-order valence-corrected chi connectivity index (χ1v) is 7.46. The molecule has 0 amide bonds. The van der Waals surface area contributed by atoms with Crippen LogP contribution >= 0.6 is 0 Å². The van der Waals surface area contributed by atoms with E-state index >= 15 is 0 Å². The van der Waals surface area contributed by atoms with E-state index in [9.17, 15) is 8.42 Å². The maximum Gasteiger partial charge on any atom is 0.297 e. The van der Waals surface area contributed by atoms with E-state index in [1.54, 1.807) is 24.3 Å². The zero-order valence-corrected chi connectivity index (χ0v) is 11.8. The van der Waals surface area contributed by atoms with Crippen LogP contribution in [-0.2, 0) is 14.3 Å². The third-order valence-electron chi connectivity index (χ3n) is 3.37. The Morgan fingerprint density at radius 3 is 2.22 bits per heavy atom. The summed E-state index contributed by atoms with van der Waals surface area (Å²) in [6.07, 6.45) is 1.37. The number of aryl methyl sites for hydroxylation is 1. The lowest BCUT2D eigenvalue weighted by Gasteiger charge is -2.38. The van der Waals surface area contributed by atoms with Gasteiger partial charge in [0.15, 0.2) is 0 Å². The molecule has 0 bridgehead atoms. The summed E-state index contributed by atoms with van der Waals surface area (Å²) in [6, 6.07) is 7.17. The molecule has 4 nitrogen and oxygen atoms in total. The van der Waals surface area contributed by atoms with E-state index in [0.29, 0.717) is 6.04 Å². The van der Waals surface area contributed by atoms with Gasteiger partial charge in [0.2, 0.25) is 0 Å². The van der Waals surface area contributed by atoms with Gasteiger partial charge in [-0.05, 0) is 46.0 Å². The van der Waals surface area contributed by atoms with Crippen molar-refractivity contribution in [3.05, 3.63) is 29.8 Å². The second-order valence-corrected chi connectivity index (χ2v) is 6.65. The SMILES string of the molecule is Cc1ccc(S(=O)(=O)OC2CC(N(C)C)C2)cc1. The summed E-state index contributed by atoms with van der Waals surface area (Å²) >= 11 is 0. The van der Waals surface area contributed by atoms with E-state index in [-0.39, 0.29) is 11.0 Å². The van der Waals surface area contributed by atoms with Gasteiger partial charge in [0.05, 0.1) is 11.0 Å². The minimum atomic E-state index is -3.60. The second kappa shape index (κ2) is 4.99. The standard InChI is InChI=1S/C13H19NO3S/c1-10-4-6-13(7-5-10)18(15,16)17-12-8-11(9-12)14(2)3/h4-7,11-12H,8-9H2,1-3H3. The molecule has 100 valence electrons. The quantitative estimate of drug-likeness (QED) is 0.782. The maximum atomic E-state index is 12.0. The van der Waals surface area contributed by atoms with Gasteiger partial charge < -0.3 is 4.90 Å². The van der Waals surface area contributed by atoms with Crippen molar-refractivity contribution in [1.29, 1.82) is 0 Å². The lowest BCUT2D eigenvalue weighted by Crippen LogP contribution is -2.45. The number of hydrogen-bond acceptors (Lipinski definition) is 4. The highest BCUT2D eigenvalue weighted by atomic mass is 32.2. The molecule has 1 fully saturated rings. The Labute approximate surface area is 109 Å². The van der Waals surface area contributed by atoms with Crippen LogP contribution in [0.15, 0.2) is 29.2 Å². The van der Waals surface area contributed by atoms with Gasteiger partial charge >= 0.3 is 0 Å². The van der Waals surface area contributed by atoms with Crippen LogP contribution in [0.25, 0.3) is 0 Å². The second-order valence-electron chi connectivity index (χ2n) is 5.07. The van der Waals surface area contributed by atoms with Crippen molar-refractivity contribution < 1.29 is 12.6 Å². The van der Waals surface area contributed by atoms with Gasteiger partial charge in [0, 0.05) is 6.04 Å². The molecule has 0 atom stereocenters. The molecule has 1 saturated carbocycles. The summed E-state index contributed by atoms with van der Waals surface area (Å²) in [7, 11) is 0.386. The molecule has 18 heavy (non-hydrogen) atoms. The molecule has 1 aliphatic rings. The molecular weight excluding hydrogens is 250 g/mol. The van der Waals surface area contributed by atoms with Gasteiger partial charge in [0.25, 0.3) is 10.1 Å². The summed E-state index contributed by atoms with van der Waals surface area (Å²) in [6.45, 7) is 1.92. The van der Waals surface area contributed by atoms with Gasteiger partial charge in [-0.2, -0.15) is 8.42 Å². The fourth-order valence-corrected chi connectivity index (χ4v) is 3.07. The lowest BCUT2D eigenvalue weighted by atomic mass is 9.89. The Morgan fingerprint density at radius 1 is 1.17 bits per heavy atom. The van der Waals surface area contributed by atoms with Crippen LogP contribution in [0.2, 0.25) is 0 Å². The summed E-state index contributed by atoms with van der Waals surface area (Å²) in [5, 5.41) is 0. The van der Waals surface area contributed by atoms with Gasteiger partial charge in [-0.25, -0.2) is 0 Å². The Bertz CT molecular complexity index is 502. The highest BCUT2D eigenvalue weighted by molar-refractivity contribution is 7.86. The van der Waals surface area contributed by atoms with E-state index < -0.39 is 10.1 Å². The highest BCUT2D eigenvalue weighted by Gasteiger charge is 2.35. The molecule has 1 aliphatic carbocycles. The third-order valence-corrected chi connectivity index (χ3v) is 4.75. The number of benzene rings is 1. The maximum absolute atomic E-state index is 12.0. The van der Waals surface area contributed by atoms with Crippen LogP contribution in [0.5, 0.6) is 0 Å². The summed E-state index contributed by atoms with van der Waals surface area (Å²) in [5.41, 5.74) is 1.03. The van der Waals surface area contributed by atoms with Crippen molar-refractivity contribution in [3.63, 3.8) is 0 Å². The molecule has 0 saturated heterocycles. The average Bonchev–Trinajstić information content (AvgIpc) is 2.23. The summed E-state index contributed by atoms with van der Waals surface area (Å²) in [4.78, 5) is 2.33. The first-order chi connectivity index (χ1) is 8.38. The van der Waals surface area contributed by atoms with Crippen molar-refractivity contribution in [2.75, 3.05) is 14.1 Å². The van der Waals surface area contributed by atoms with Crippen LogP contribution in [0.3, 0.4) is 0 Å². The Hall–Kier alpha value is -0.910. The topological polar surface area (TPSA) is 46.6 Å². The first kappa shape index (κ1) is 13.5. The van der Waals surface area contributed by atoms with E-state index in [1.165, 1.54) is 0 Å². The van der Waals surface area contributed by atoms with Crippen molar-refractivity contribution in [3.8, 4) is 0 Å². The van der Waals surface area contributed by atoms with Crippen LogP contribution in [-0.4, -0.2) is 39.6 Å². The Kier molecular flexibility index (Phi) is 3.75. The largest absolute Gasteiger partial charge is 0.306 e. The van der Waals surface area contributed by atoms with Crippen molar-refractivity contribution in [1.82, 2.24) is 4.90 Å². The van der Waals surface area contributed by atoms with Crippen LogP contribution in [0.4, 0.5) is 0 Å². The van der Waals surface area contributed by atoms with Crippen LogP contribution in [0, 0.1) is 6.92 Å². The molecule has 1 aromatic rings. The van der Waals surface area contributed by atoms with Gasteiger partial charge in [-0.1, -0.05) is 17.7 Å². The van der Waals surface area contributed by atoms with Crippen molar-refractivity contribution in [2.24, 2.45) is 0 Å². The molecule has 0 radical (unpaired) electrons. The van der Waals surface area contributed by atoms with E-state index in [0.717, 1.165) is 18.4 Å². The van der Waals surface area contributed by atoms with Crippen molar-refractivity contribution >= 4 is 10.1 Å². The van der Waals surface area contributed by atoms with Gasteiger partial charge in [-0.3, -0.25) is 4.18 Å². The smallest absolute Gasteiger partial charge is 0.297 e. The monoisotopic (exact) mass is 269 g/mol. The lowest BCUT2D eigenvalue weighted by molar-refractivity contribution is 0.0448. The predicted octanol–water partition coefficient (Wildman–Crippen LogP) is 1.79. The Balaban J connectivity index is 1.99. The molecule has 1 aromatic carbocycles. The summed E-state index contributed by atoms with van der Waals surface area (Å²) in [5.74, 6) is 0. The third kappa shape index (κ3) is 2.91. The zero-order valence-electron chi connectivity index (χ0n) is 11.0.